The van der Waals surface area contributed by atoms with Crippen LogP contribution in [0.5, 0.6) is 0 Å². The molecule has 6 aromatic rings. The zero-order chi connectivity index (χ0) is 50.8. The number of carbonyl (C=O) groups excluding carboxylic acids is 4. The summed E-state index contributed by atoms with van der Waals surface area (Å²) in [5.74, 6) is -0.949. The molecule has 0 saturated heterocycles. The molecular weight excluding hydrogens is 1010 g/mol. The van der Waals surface area contributed by atoms with Crippen molar-refractivity contribution < 1.29 is 28.7 Å². The van der Waals surface area contributed by atoms with Crippen LogP contribution in [0.1, 0.15) is 110 Å². The van der Waals surface area contributed by atoms with Crippen molar-refractivity contribution in [1.29, 1.82) is 0 Å². The normalized spacial score (nSPS) is 18.3. The van der Waals surface area contributed by atoms with Gasteiger partial charge in [0.25, 0.3) is 0 Å². The number of fused-ring (bicyclic) bond motifs is 2. The number of allylic oxidation sites excluding steroid dienone is 2. The molecule has 4 atom stereocenters. The van der Waals surface area contributed by atoms with Gasteiger partial charge in [0.2, 0.25) is 11.8 Å². The molecule has 0 saturated carbocycles. The predicted molar refractivity (Wildman–Crippen MR) is 287 cm³/mol. The van der Waals surface area contributed by atoms with Crippen LogP contribution in [0.3, 0.4) is 0 Å². The number of primary amides is 2. The minimum absolute atomic E-state index is 0.141. The van der Waals surface area contributed by atoms with E-state index in [0.29, 0.717) is 53.3 Å². The number of ether oxygens (including phenoxy) is 2. The van der Waals surface area contributed by atoms with Crippen molar-refractivity contribution in [3.8, 4) is 0 Å². The van der Waals surface area contributed by atoms with E-state index in [1.165, 1.54) is 21.1 Å². The smallest absolute Gasteiger partial charge is 0.415 e. The van der Waals surface area contributed by atoms with E-state index in [4.69, 9.17) is 49.9 Å². The summed E-state index contributed by atoms with van der Waals surface area (Å²) in [4.78, 5) is 65.1. The number of halogens is 2. The maximum Gasteiger partial charge on any atom is 0.415 e. The van der Waals surface area contributed by atoms with Gasteiger partial charge in [0.1, 0.15) is 21.5 Å². The summed E-state index contributed by atoms with van der Waals surface area (Å²) >= 11 is 19.3. The molecule has 0 spiro atoms. The largest absolute Gasteiger partial charge is 0.444 e. The molecule has 0 bridgehead atoms. The monoisotopic (exact) mass is 1060 g/mol. The zero-order valence-corrected chi connectivity index (χ0v) is 45.0. The number of amides is 4. The molecule has 0 aromatic carbocycles. The van der Waals surface area contributed by atoms with Crippen LogP contribution >= 0.6 is 68.5 Å². The summed E-state index contributed by atoms with van der Waals surface area (Å²) in [7, 11) is 0. The van der Waals surface area contributed by atoms with Gasteiger partial charge in [-0.05, 0) is 115 Å². The number of carbonyl (C=O) groups is 4. The molecule has 8 rings (SSSR count). The molecule has 4 amide bonds. The van der Waals surface area contributed by atoms with Gasteiger partial charge in [0.15, 0.2) is 0 Å². The summed E-state index contributed by atoms with van der Waals surface area (Å²) in [5, 5.41) is 11.2. The number of nitrogens with one attached hydrogen (secondary N) is 2. The van der Waals surface area contributed by atoms with Crippen molar-refractivity contribution in [2.24, 2.45) is 17.2 Å². The molecule has 20 heteroatoms. The van der Waals surface area contributed by atoms with Gasteiger partial charge in [-0.15, -0.1) is 45.3 Å². The number of aromatic nitrogens is 2. The van der Waals surface area contributed by atoms with Gasteiger partial charge in [0, 0.05) is 73.3 Å². The van der Waals surface area contributed by atoms with Crippen molar-refractivity contribution in [2.75, 3.05) is 10.2 Å². The lowest BCUT2D eigenvalue weighted by molar-refractivity contribution is -0.115. The third-order valence-electron chi connectivity index (χ3n) is 11.7. The van der Waals surface area contributed by atoms with E-state index in [9.17, 15) is 19.2 Å². The second kappa shape index (κ2) is 21.7. The Labute approximate surface area is 433 Å². The molecule has 0 aliphatic heterocycles. The molecule has 0 unspecified atom stereocenters. The highest BCUT2D eigenvalue weighted by atomic mass is 35.5. The molecular formula is C50H58Cl2N8O6S4. The Kier molecular flexibility index (Phi) is 16.4. The number of thiophene rings is 4. The molecule has 0 radical (unpaired) electrons. The molecule has 0 fully saturated rings. The summed E-state index contributed by atoms with van der Waals surface area (Å²) in [6, 6.07) is 11.0. The molecule has 372 valence electrons. The fourth-order valence-electron chi connectivity index (χ4n) is 8.49. The maximum atomic E-state index is 13.6. The van der Waals surface area contributed by atoms with E-state index < -0.39 is 35.3 Å². The van der Waals surface area contributed by atoms with Gasteiger partial charge in [-0.3, -0.25) is 14.5 Å². The standard InChI is InChI=1S/C30H37ClN4O5S2.C20H21ClN4OS2/c1-16-23-25(21(14-22(31)34-23)35(15-18-9-8-12-41-18)28(38)40-30(5,6)7)42-24(16)19-11-10-17(26(32)36)13-20(19)33-27(37)39-29(2,3)4;1-10-17-19(15(8-16(21)25-17)24-9-12-3-2-6-27-12)28-18(10)13-5-4-11(20(23)26)7-14(13)22/h8-10,12,14,19-20H,11,13,15H2,1-7H3,(H2,32,36)(H,33,37);2-4,6,8,13-14H,5,7,9,22H2,1H3,(H2,23,26)(H,24,25)/t19-,20-;13-,14-/m00/s1. The molecule has 6 aromatic heterocycles. The summed E-state index contributed by atoms with van der Waals surface area (Å²) in [6.45, 7) is 15.9. The number of aryl methyl sites for hydroxylation is 2. The van der Waals surface area contributed by atoms with Crippen LogP contribution in [0.4, 0.5) is 21.0 Å². The fourth-order valence-corrected chi connectivity index (χ4v) is 13.1. The van der Waals surface area contributed by atoms with Crippen LogP contribution in [0.15, 0.2) is 70.5 Å². The molecule has 2 aliphatic rings. The highest BCUT2D eigenvalue weighted by Gasteiger charge is 2.36. The number of anilines is 2. The lowest BCUT2D eigenvalue weighted by atomic mass is 9.82. The first-order valence-electron chi connectivity index (χ1n) is 22.7. The fraction of sp³-hybridized carbons (Fsp3) is 0.400. The molecule has 6 heterocycles. The minimum Gasteiger partial charge on any atom is -0.444 e. The van der Waals surface area contributed by atoms with Crippen molar-refractivity contribution in [1.82, 2.24) is 15.3 Å². The first-order chi connectivity index (χ1) is 33.0. The molecule has 14 nitrogen and oxygen atoms in total. The van der Waals surface area contributed by atoms with Crippen molar-refractivity contribution in [2.45, 2.75) is 129 Å². The zero-order valence-electron chi connectivity index (χ0n) is 40.2. The van der Waals surface area contributed by atoms with Gasteiger partial charge in [-0.25, -0.2) is 19.6 Å². The third kappa shape index (κ3) is 12.7. The highest BCUT2D eigenvalue weighted by Crippen LogP contribution is 2.47. The highest BCUT2D eigenvalue weighted by molar-refractivity contribution is 7.20. The summed E-state index contributed by atoms with van der Waals surface area (Å²) < 4.78 is 13.2. The van der Waals surface area contributed by atoms with Crippen LogP contribution in [0.2, 0.25) is 10.3 Å². The molecule has 70 heavy (non-hydrogen) atoms. The average Bonchev–Trinajstić information content (AvgIpc) is 4.10. The second-order valence-corrected chi connectivity index (χ2v) is 24.2. The lowest BCUT2D eigenvalue weighted by Gasteiger charge is -2.32. The Morgan fingerprint density at radius 1 is 0.771 bits per heavy atom. The number of nitrogens with two attached hydrogens (primary N) is 3. The maximum absolute atomic E-state index is 13.6. The number of hydrogen-bond acceptors (Lipinski definition) is 14. The quantitative estimate of drug-likeness (QED) is 0.0773. The van der Waals surface area contributed by atoms with Crippen LogP contribution < -0.4 is 32.7 Å². The van der Waals surface area contributed by atoms with Gasteiger partial charge in [0.05, 0.1) is 38.4 Å². The van der Waals surface area contributed by atoms with Crippen molar-refractivity contribution >= 4 is 124 Å². The van der Waals surface area contributed by atoms with Gasteiger partial charge in [-0.1, -0.05) is 47.5 Å². The van der Waals surface area contributed by atoms with Crippen LogP contribution in [-0.4, -0.2) is 57.3 Å². The van der Waals surface area contributed by atoms with E-state index in [2.05, 4.69) is 39.0 Å². The van der Waals surface area contributed by atoms with E-state index >= 15 is 0 Å². The van der Waals surface area contributed by atoms with Crippen molar-refractivity contribution in [3.63, 3.8) is 0 Å². The topological polar surface area (TPSA) is 218 Å². The first kappa shape index (κ1) is 52.7. The van der Waals surface area contributed by atoms with Crippen LogP contribution in [-0.2, 0) is 32.2 Å². The first-order valence-corrected chi connectivity index (χ1v) is 26.8. The summed E-state index contributed by atoms with van der Waals surface area (Å²) in [6.07, 6.45) is 4.63. The number of alkyl carbamates (subject to hydrolysis) is 1. The van der Waals surface area contributed by atoms with E-state index in [1.807, 2.05) is 69.5 Å². The average molecular weight is 1070 g/mol. The van der Waals surface area contributed by atoms with E-state index in [1.54, 1.807) is 65.7 Å². The van der Waals surface area contributed by atoms with E-state index in [-0.39, 0.29) is 35.4 Å². The third-order valence-corrected chi connectivity index (χ3v) is 16.7. The summed E-state index contributed by atoms with van der Waals surface area (Å²) in [5.41, 5.74) is 22.3. The number of hydrogen-bond donors (Lipinski definition) is 5. The second-order valence-electron chi connectivity index (χ2n) is 19.3. The van der Waals surface area contributed by atoms with Crippen LogP contribution in [0.25, 0.3) is 20.4 Å². The predicted octanol–water partition coefficient (Wildman–Crippen LogP) is 12.0. The number of nitrogens with zero attached hydrogens (tertiary/aromatic N) is 3. The minimum atomic E-state index is -0.704. The molecule has 8 N–H and O–H groups in total. The van der Waals surface area contributed by atoms with Gasteiger partial charge in [-0.2, -0.15) is 0 Å². The Morgan fingerprint density at radius 2 is 1.31 bits per heavy atom. The van der Waals surface area contributed by atoms with Crippen LogP contribution in [0, 0.1) is 13.8 Å². The van der Waals surface area contributed by atoms with E-state index in [0.717, 1.165) is 48.0 Å². The Morgan fingerprint density at radius 3 is 1.89 bits per heavy atom. The molecule has 2 aliphatic carbocycles. The number of pyridine rings is 2. The number of rotatable bonds is 11. The Hall–Kier alpha value is -5.08. The lowest BCUT2D eigenvalue weighted by Crippen LogP contribution is -2.44. The van der Waals surface area contributed by atoms with Gasteiger partial charge >= 0.3 is 12.2 Å². The Bertz CT molecular complexity index is 2970. The van der Waals surface area contributed by atoms with Crippen molar-refractivity contribution in [3.05, 3.63) is 111 Å². The SMILES string of the molecule is Cc1c([C@H]2CC=C(C(N)=O)C[C@@H]2N)sc2c(NCc3cccs3)cc(Cl)nc12.Cc1c([C@H]2CC=C(C(N)=O)C[C@@H]2NC(=O)OC(C)(C)C)sc2c(N(Cc3cccs3)C(=O)OC(C)(C)C)cc(Cl)nc12. The Balaban J connectivity index is 0.000000223. The van der Waals surface area contributed by atoms with Gasteiger partial charge < -0.3 is 37.3 Å².